The molecule has 1 aliphatic rings. The predicted octanol–water partition coefficient (Wildman–Crippen LogP) is 4.08. The van der Waals surface area contributed by atoms with Gasteiger partial charge in [0.05, 0.1) is 42.7 Å². The highest BCUT2D eigenvalue weighted by atomic mass is 19.1. The minimum atomic E-state index is -0.579. The lowest BCUT2D eigenvalue weighted by molar-refractivity contribution is 0.218. The first-order chi connectivity index (χ1) is 16.4. The van der Waals surface area contributed by atoms with Gasteiger partial charge in [0.25, 0.3) is 5.88 Å². The van der Waals surface area contributed by atoms with Crippen molar-refractivity contribution in [2.24, 2.45) is 0 Å². The van der Waals surface area contributed by atoms with Crippen LogP contribution in [0.4, 0.5) is 16.0 Å². The normalized spacial score (nSPS) is 17.4. The van der Waals surface area contributed by atoms with Crippen molar-refractivity contribution in [3.63, 3.8) is 0 Å². The number of fused-ring (bicyclic) bond motifs is 1. The van der Waals surface area contributed by atoms with E-state index in [1.54, 1.807) is 36.1 Å². The lowest BCUT2D eigenvalue weighted by Gasteiger charge is -2.36. The molecule has 9 nitrogen and oxygen atoms in total. The molecule has 10 heteroatoms. The number of rotatable bonds is 5. The summed E-state index contributed by atoms with van der Waals surface area (Å²) in [5, 5.41) is 21.3. The number of halogens is 1. The largest absolute Gasteiger partial charge is 0.478 e. The number of methoxy groups -OCH3 is 1. The molecule has 0 aliphatic carbocycles. The fraction of sp³-hybridized carbons (Fsp3) is 0.333. The third-order valence-corrected chi connectivity index (χ3v) is 6.15. The van der Waals surface area contributed by atoms with E-state index in [2.05, 4.69) is 45.6 Å². The van der Waals surface area contributed by atoms with Crippen LogP contribution in [0.25, 0.3) is 16.7 Å². The maximum Gasteiger partial charge on any atom is 0.256 e. The van der Waals surface area contributed by atoms with Gasteiger partial charge in [0.2, 0.25) is 5.95 Å². The molecular weight excluding hydrogens is 435 g/mol. The molecule has 174 valence electrons. The summed E-state index contributed by atoms with van der Waals surface area (Å²) in [7, 11) is 1.56. The SMILES string of the molecule is COc1nn([C@@H]2CCNC(C)(C)C2)cc1Nc1ncc(F)c(-n2ccc3c(C#N)cccc32)n1. The summed E-state index contributed by atoms with van der Waals surface area (Å²) >= 11 is 0. The Hall–Kier alpha value is -3.97. The fourth-order valence-corrected chi connectivity index (χ4v) is 4.52. The summed E-state index contributed by atoms with van der Waals surface area (Å²) in [4.78, 5) is 8.53. The molecule has 34 heavy (non-hydrogen) atoms. The lowest BCUT2D eigenvalue weighted by atomic mass is 9.89. The Morgan fingerprint density at radius 1 is 1.32 bits per heavy atom. The smallest absolute Gasteiger partial charge is 0.256 e. The average Bonchev–Trinajstić information content (AvgIpc) is 3.43. The number of nitrogens with zero attached hydrogens (tertiary/aromatic N) is 6. The molecule has 3 aromatic heterocycles. The zero-order valence-corrected chi connectivity index (χ0v) is 19.2. The van der Waals surface area contributed by atoms with Gasteiger partial charge in [-0.1, -0.05) is 6.07 Å². The van der Waals surface area contributed by atoms with Gasteiger partial charge in [-0.3, -0.25) is 9.25 Å². The van der Waals surface area contributed by atoms with Crippen molar-refractivity contribution < 1.29 is 9.13 Å². The van der Waals surface area contributed by atoms with Gasteiger partial charge in [0, 0.05) is 17.1 Å². The van der Waals surface area contributed by atoms with Gasteiger partial charge in [0.1, 0.15) is 5.69 Å². The van der Waals surface area contributed by atoms with Gasteiger partial charge in [0.15, 0.2) is 11.6 Å². The maximum absolute atomic E-state index is 14.8. The highest BCUT2D eigenvalue weighted by Crippen LogP contribution is 2.33. The molecule has 0 saturated carbocycles. The second kappa shape index (κ2) is 8.43. The minimum Gasteiger partial charge on any atom is -0.478 e. The molecule has 0 amide bonds. The average molecular weight is 461 g/mol. The Kier molecular flexibility index (Phi) is 5.42. The summed E-state index contributed by atoms with van der Waals surface area (Å²) in [6, 6.07) is 9.47. The Morgan fingerprint density at radius 3 is 2.94 bits per heavy atom. The van der Waals surface area contributed by atoms with E-state index in [9.17, 15) is 9.65 Å². The number of hydrogen-bond acceptors (Lipinski definition) is 7. The molecule has 4 aromatic rings. The highest BCUT2D eigenvalue weighted by molar-refractivity contribution is 5.87. The van der Waals surface area contributed by atoms with Gasteiger partial charge in [-0.15, -0.1) is 5.10 Å². The molecule has 0 unspecified atom stereocenters. The van der Waals surface area contributed by atoms with Crippen LogP contribution in [-0.2, 0) is 0 Å². The summed E-state index contributed by atoms with van der Waals surface area (Å²) < 4.78 is 23.8. The Balaban J connectivity index is 1.47. The third kappa shape index (κ3) is 3.95. The molecule has 0 spiro atoms. The van der Waals surface area contributed by atoms with E-state index in [1.807, 2.05) is 16.9 Å². The number of nitriles is 1. The van der Waals surface area contributed by atoms with Gasteiger partial charge in [-0.25, -0.2) is 9.37 Å². The van der Waals surface area contributed by atoms with Gasteiger partial charge in [-0.2, -0.15) is 10.2 Å². The van der Waals surface area contributed by atoms with Crippen LogP contribution in [0.3, 0.4) is 0 Å². The van der Waals surface area contributed by atoms with Crippen molar-refractivity contribution in [1.82, 2.24) is 29.6 Å². The summed E-state index contributed by atoms with van der Waals surface area (Å²) in [5.74, 6) is 0.119. The van der Waals surface area contributed by atoms with E-state index >= 15 is 0 Å². The molecule has 0 radical (unpaired) electrons. The van der Waals surface area contributed by atoms with E-state index in [1.165, 1.54) is 0 Å². The van der Waals surface area contributed by atoms with Crippen molar-refractivity contribution in [2.75, 3.05) is 19.0 Å². The number of benzene rings is 1. The zero-order valence-electron chi connectivity index (χ0n) is 19.2. The van der Waals surface area contributed by atoms with Crippen LogP contribution in [0, 0.1) is 17.1 Å². The minimum absolute atomic E-state index is 0.0234. The molecule has 5 rings (SSSR count). The number of piperidine rings is 1. The fourth-order valence-electron chi connectivity index (χ4n) is 4.52. The number of ether oxygens (including phenoxy) is 1. The Labute approximate surface area is 196 Å². The van der Waals surface area contributed by atoms with Crippen molar-refractivity contribution in [1.29, 1.82) is 5.26 Å². The van der Waals surface area contributed by atoms with E-state index in [4.69, 9.17) is 4.74 Å². The molecule has 4 heterocycles. The van der Waals surface area contributed by atoms with E-state index in [-0.39, 0.29) is 23.3 Å². The Bertz CT molecular complexity index is 1400. The summed E-state index contributed by atoms with van der Waals surface area (Å²) in [5.41, 5.74) is 1.82. The van der Waals surface area contributed by atoms with Crippen LogP contribution < -0.4 is 15.4 Å². The molecular formula is C24H25FN8O. The summed E-state index contributed by atoms with van der Waals surface area (Å²) in [6.45, 7) is 5.26. The monoisotopic (exact) mass is 460 g/mol. The number of hydrogen-bond donors (Lipinski definition) is 2. The van der Waals surface area contributed by atoms with Crippen molar-refractivity contribution in [3.05, 3.63) is 54.2 Å². The van der Waals surface area contributed by atoms with Gasteiger partial charge in [-0.05, 0) is 51.4 Å². The predicted molar refractivity (Wildman–Crippen MR) is 126 cm³/mol. The standard InChI is InChI=1S/C24H25FN8O/c1-24(2)11-16(7-9-28-24)33-14-19(22(31-33)34-3)29-23-27-13-18(25)21(30-23)32-10-8-17-15(12-26)5-4-6-20(17)32/h4-6,8,10,13-14,16,28H,7,9,11H2,1-3H3,(H,27,29,30)/t16-/m1/s1. The molecule has 0 bridgehead atoms. The lowest BCUT2D eigenvalue weighted by Crippen LogP contribution is -2.46. The Morgan fingerprint density at radius 2 is 2.18 bits per heavy atom. The van der Waals surface area contributed by atoms with Gasteiger partial charge < -0.3 is 15.4 Å². The van der Waals surface area contributed by atoms with Crippen molar-refractivity contribution in [2.45, 2.75) is 38.3 Å². The van der Waals surface area contributed by atoms with Gasteiger partial charge >= 0.3 is 0 Å². The highest BCUT2D eigenvalue weighted by Gasteiger charge is 2.29. The van der Waals surface area contributed by atoms with Crippen LogP contribution in [0.1, 0.15) is 38.3 Å². The molecule has 1 fully saturated rings. The summed E-state index contributed by atoms with van der Waals surface area (Å²) in [6.07, 6.45) is 6.58. The zero-order chi connectivity index (χ0) is 23.9. The first kappa shape index (κ1) is 21.9. The molecule has 1 aromatic carbocycles. The quantitative estimate of drug-likeness (QED) is 0.462. The second-order valence-electron chi connectivity index (χ2n) is 9.02. The van der Waals surface area contributed by atoms with Crippen molar-refractivity contribution >= 4 is 22.5 Å². The van der Waals surface area contributed by atoms with E-state index in [0.717, 1.165) is 31.0 Å². The first-order valence-corrected chi connectivity index (χ1v) is 11.1. The molecule has 1 atom stereocenters. The maximum atomic E-state index is 14.8. The van der Waals surface area contributed by atoms with Crippen LogP contribution in [-0.4, -0.2) is 43.5 Å². The topological polar surface area (TPSA) is 106 Å². The van der Waals surface area contributed by atoms with E-state index in [0.29, 0.717) is 22.6 Å². The van der Waals surface area contributed by atoms with Crippen LogP contribution in [0.5, 0.6) is 5.88 Å². The number of nitrogens with one attached hydrogen (secondary N) is 2. The third-order valence-electron chi connectivity index (χ3n) is 6.15. The first-order valence-electron chi connectivity index (χ1n) is 11.1. The molecule has 2 N–H and O–H groups in total. The molecule has 1 saturated heterocycles. The van der Waals surface area contributed by atoms with Crippen LogP contribution in [0.2, 0.25) is 0 Å². The number of aromatic nitrogens is 5. The van der Waals surface area contributed by atoms with E-state index < -0.39 is 5.82 Å². The van der Waals surface area contributed by atoms with Crippen molar-refractivity contribution in [3.8, 4) is 17.8 Å². The molecule has 1 aliphatic heterocycles. The second-order valence-corrected chi connectivity index (χ2v) is 9.02. The van der Waals surface area contributed by atoms with Crippen LogP contribution in [0.15, 0.2) is 42.9 Å². The number of anilines is 2. The van der Waals surface area contributed by atoms with Crippen LogP contribution >= 0.6 is 0 Å².